The number of nitriles is 1. The minimum Gasteiger partial charge on any atom is -0.495 e. The lowest BCUT2D eigenvalue weighted by Gasteiger charge is -2.11. The molecule has 0 saturated carbocycles. The Balaban J connectivity index is 1.99. The first-order valence-corrected chi connectivity index (χ1v) is 5.71. The Bertz CT molecular complexity index is 420. The molecule has 0 aromatic heterocycles. The lowest BCUT2D eigenvalue weighted by Crippen LogP contribution is -2.28. The minimum atomic E-state index is 0.433. The quantitative estimate of drug-likeness (QED) is 0.853. The molecule has 1 N–H and O–H groups in total. The van der Waals surface area contributed by atoms with Crippen LogP contribution in [0.4, 0.5) is 0 Å². The van der Waals surface area contributed by atoms with Gasteiger partial charge in [0.2, 0.25) is 0 Å². The number of rotatable bonds is 4. The number of benzene rings is 1. The number of methoxy groups -OCH3 is 1. The number of ether oxygens (including phenoxy) is 2. The predicted octanol–water partition coefficient (Wildman–Crippen LogP) is 1.45. The normalized spacial score (nSPS) is 18.9. The molecule has 90 valence electrons. The third-order valence-corrected chi connectivity index (χ3v) is 2.91. The summed E-state index contributed by atoms with van der Waals surface area (Å²) in [5.41, 5.74) is 1.67. The van der Waals surface area contributed by atoms with E-state index in [-0.39, 0.29) is 0 Å². The molecule has 1 saturated heterocycles. The van der Waals surface area contributed by atoms with Gasteiger partial charge in [-0.15, -0.1) is 0 Å². The monoisotopic (exact) mass is 232 g/mol. The summed E-state index contributed by atoms with van der Waals surface area (Å²) in [5, 5.41) is 12.4. The van der Waals surface area contributed by atoms with E-state index in [2.05, 4.69) is 11.4 Å². The molecule has 2 rings (SSSR count). The zero-order chi connectivity index (χ0) is 12.1. The summed E-state index contributed by atoms with van der Waals surface area (Å²) in [7, 11) is 1.57. The maximum Gasteiger partial charge on any atom is 0.136 e. The van der Waals surface area contributed by atoms with Crippen LogP contribution in [-0.4, -0.2) is 26.4 Å². The molecule has 0 aliphatic carbocycles. The average molecular weight is 232 g/mol. The standard InChI is InChI=1S/C13H16N2O2/c1-16-13-3-2-10(6-11(13)7-14)8-15-12-4-5-17-9-12/h2-3,6,12,15H,4-5,8-9H2,1H3. The van der Waals surface area contributed by atoms with Gasteiger partial charge in [0.15, 0.2) is 0 Å². The van der Waals surface area contributed by atoms with E-state index in [9.17, 15) is 0 Å². The summed E-state index contributed by atoms with van der Waals surface area (Å²) in [6.07, 6.45) is 1.06. The zero-order valence-corrected chi connectivity index (χ0v) is 9.90. The van der Waals surface area contributed by atoms with Gasteiger partial charge in [0.05, 0.1) is 19.3 Å². The van der Waals surface area contributed by atoms with Crippen molar-refractivity contribution in [3.8, 4) is 11.8 Å². The average Bonchev–Trinajstić information content (AvgIpc) is 2.89. The van der Waals surface area contributed by atoms with Crippen LogP contribution in [0.1, 0.15) is 17.5 Å². The first-order valence-electron chi connectivity index (χ1n) is 5.71. The van der Waals surface area contributed by atoms with Crippen LogP contribution in [0.2, 0.25) is 0 Å². The zero-order valence-electron chi connectivity index (χ0n) is 9.90. The van der Waals surface area contributed by atoms with E-state index >= 15 is 0 Å². The molecule has 1 aromatic rings. The summed E-state index contributed by atoms with van der Waals surface area (Å²) < 4.78 is 10.4. The van der Waals surface area contributed by atoms with Crippen molar-refractivity contribution in [1.82, 2.24) is 5.32 Å². The first-order chi connectivity index (χ1) is 8.33. The summed E-state index contributed by atoms with van der Waals surface area (Å²) in [4.78, 5) is 0. The second-order valence-corrected chi connectivity index (χ2v) is 4.09. The van der Waals surface area contributed by atoms with E-state index in [0.717, 1.165) is 31.7 Å². The van der Waals surface area contributed by atoms with Gasteiger partial charge in [-0.1, -0.05) is 6.07 Å². The number of hydrogen-bond acceptors (Lipinski definition) is 4. The molecule has 0 radical (unpaired) electrons. The van der Waals surface area contributed by atoms with Crippen molar-refractivity contribution < 1.29 is 9.47 Å². The van der Waals surface area contributed by atoms with Gasteiger partial charge < -0.3 is 14.8 Å². The molecular formula is C13H16N2O2. The lowest BCUT2D eigenvalue weighted by molar-refractivity contribution is 0.190. The van der Waals surface area contributed by atoms with Crippen molar-refractivity contribution in [3.63, 3.8) is 0 Å². The summed E-state index contributed by atoms with van der Waals surface area (Å²) in [6.45, 7) is 2.37. The highest BCUT2D eigenvalue weighted by Gasteiger charge is 2.14. The Morgan fingerprint density at radius 1 is 1.59 bits per heavy atom. The molecule has 1 heterocycles. The SMILES string of the molecule is COc1ccc(CNC2CCOC2)cc1C#N. The maximum atomic E-state index is 8.98. The molecule has 4 heteroatoms. The molecule has 4 nitrogen and oxygen atoms in total. The Morgan fingerprint density at radius 2 is 2.47 bits per heavy atom. The fourth-order valence-corrected chi connectivity index (χ4v) is 1.91. The highest BCUT2D eigenvalue weighted by Crippen LogP contribution is 2.18. The molecular weight excluding hydrogens is 216 g/mol. The van der Waals surface area contributed by atoms with E-state index in [1.165, 1.54) is 0 Å². The van der Waals surface area contributed by atoms with Crippen molar-refractivity contribution in [2.75, 3.05) is 20.3 Å². The fraction of sp³-hybridized carbons (Fsp3) is 0.462. The molecule has 0 spiro atoms. The van der Waals surface area contributed by atoms with Crippen LogP contribution in [0.3, 0.4) is 0 Å². The second-order valence-electron chi connectivity index (χ2n) is 4.09. The van der Waals surface area contributed by atoms with Gasteiger partial charge in [0, 0.05) is 19.2 Å². The van der Waals surface area contributed by atoms with Crippen molar-refractivity contribution in [2.24, 2.45) is 0 Å². The topological polar surface area (TPSA) is 54.3 Å². The molecule has 1 aromatic carbocycles. The fourth-order valence-electron chi connectivity index (χ4n) is 1.91. The highest BCUT2D eigenvalue weighted by molar-refractivity contribution is 5.45. The Hall–Kier alpha value is -1.57. The maximum absolute atomic E-state index is 8.98. The molecule has 0 bridgehead atoms. The summed E-state index contributed by atoms with van der Waals surface area (Å²) in [5.74, 6) is 0.625. The van der Waals surface area contributed by atoms with Gasteiger partial charge in [-0.2, -0.15) is 5.26 Å². The molecule has 1 aliphatic heterocycles. The summed E-state index contributed by atoms with van der Waals surface area (Å²) >= 11 is 0. The van der Waals surface area contributed by atoms with Crippen LogP contribution in [0.25, 0.3) is 0 Å². The van der Waals surface area contributed by atoms with Crippen molar-refractivity contribution in [2.45, 2.75) is 19.0 Å². The van der Waals surface area contributed by atoms with Gasteiger partial charge in [-0.05, 0) is 24.1 Å². The van der Waals surface area contributed by atoms with Gasteiger partial charge in [0.1, 0.15) is 11.8 Å². The van der Waals surface area contributed by atoms with E-state index in [1.54, 1.807) is 7.11 Å². The first kappa shape index (κ1) is 11.9. The summed E-state index contributed by atoms with van der Waals surface area (Å²) in [6, 6.07) is 8.24. The van der Waals surface area contributed by atoms with Gasteiger partial charge >= 0.3 is 0 Å². The van der Waals surface area contributed by atoms with Crippen LogP contribution in [-0.2, 0) is 11.3 Å². The molecule has 1 fully saturated rings. The third kappa shape index (κ3) is 2.96. The van der Waals surface area contributed by atoms with E-state index in [0.29, 0.717) is 17.4 Å². The third-order valence-electron chi connectivity index (χ3n) is 2.91. The predicted molar refractivity (Wildman–Crippen MR) is 63.8 cm³/mol. The number of nitrogens with one attached hydrogen (secondary N) is 1. The molecule has 0 amide bonds. The lowest BCUT2D eigenvalue weighted by atomic mass is 10.1. The minimum absolute atomic E-state index is 0.433. The van der Waals surface area contributed by atoms with Gasteiger partial charge in [-0.25, -0.2) is 0 Å². The van der Waals surface area contributed by atoms with E-state index < -0.39 is 0 Å². The Kier molecular flexibility index (Phi) is 3.97. The van der Waals surface area contributed by atoms with Crippen molar-refractivity contribution >= 4 is 0 Å². The van der Waals surface area contributed by atoms with Gasteiger partial charge in [0.25, 0.3) is 0 Å². The molecule has 1 unspecified atom stereocenters. The highest BCUT2D eigenvalue weighted by atomic mass is 16.5. The van der Waals surface area contributed by atoms with Crippen molar-refractivity contribution in [1.29, 1.82) is 5.26 Å². The molecule has 1 atom stereocenters. The van der Waals surface area contributed by atoms with Crippen LogP contribution in [0, 0.1) is 11.3 Å². The Labute approximate surface area is 101 Å². The Morgan fingerprint density at radius 3 is 3.12 bits per heavy atom. The van der Waals surface area contributed by atoms with Crippen LogP contribution < -0.4 is 10.1 Å². The molecule has 17 heavy (non-hydrogen) atoms. The number of nitrogens with zero attached hydrogens (tertiary/aromatic N) is 1. The van der Waals surface area contributed by atoms with E-state index in [4.69, 9.17) is 14.7 Å². The number of hydrogen-bond donors (Lipinski definition) is 1. The van der Waals surface area contributed by atoms with Crippen LogP contribution in [0.5, 0.6) is 5.75 Å². The second kappa shape index (κ2) is 5.67. The van der Waals surface area contributed by atoms with Crippen LogP contribution >= 0.6 is 0 Å². The smallest absolute Gasteiger partial charge is 0.136 e. The van der Waals surface area contributed by atoms with Crippen LogP contribution in [0.15, 0.2) is 18.2 Å². The largest absolute Gasteiger partial charge is 0.495 e. The van der Waals surface area contributed by atoms with Gasteiger partial charge in [-0.3, -0.25) is 0 Å². The molecule has 1 aliphatic rings. The van der Waals surface area contributed by atoms with Crippen molar-refractivity contribution in [3.05, 3.63) is 29.3 Å². The van der Waals surface area contributed by atoms with E-state index in [1.807, 2.05) is 18.2 Å².